The monoisotopic (exact) mass is 492 g/mol. The van der Waals surface area contributed by atoms with Gasteiger partial charge in [-0.05, 0) is 82.7 Å². The van der Waals surface area contributed by atoms with Gasteiger partial charge in [0.1, 0.15) is 13.0 Å². The van der Waals surface area contributed by atoms with Crippen LogP contribution < -0.4 is 21.8 Å². The quantitative estimate of drug-likeness (QED) is 0.416. The number of fused-ring (bicyclic) bond motifs is 1. The van der Waals surface area contributed by atoms with Gasteiger partial charge in [-0.1, -0.05) is 0 Å². The highest BCUT2D eigenvalue weighted by Gasteiger charge is 2.43. The normalized spacial score (nSPS) is 44.0. The van der Waals surface area contributed by atoms with E-state index in [-0.39, 0.29) is 24.2 Å². The molecule has 0 aromatic carbocycles. The Labute approximate surface area is 208 Å². The lowest BCUT2D eigenvalue weighted by molar-refractivity contribution is -0.123. The Morgan fingerprint density at radius 3 is 2.69 bits per heavy atom. The molecule has 1 saturated carbocycles. The molecule has 5 saturated heterocycles. The highest BCUT2D eigenvalue weighted by Crippen LogP contribution is 2.35. The summed E-state index contributed by atoms with van der Waals surface area (Å²) in [6.07, 6.45) is 11.1. The SMILES string of the molecule is NC(=O)C1CCN(C2CC(C3NOC(C4CCCN4CC4CCC5OCOC5C4)N3)CCN2)CC1. The zero-order valence-corrected chi connectivity index (χ0v) is 20.9. The van der Waals surface area contributed by atoms with E-state index in [0.29, 0.717) is 43.0 Å². The third-order valence-electron chi connectivity index (χ3n) is 9.59. The molecule has 6 rings (SSSR count). The smallest absolute Gasteiger partial charge is 0.220 e. The summed E-state index contributed by atoms with van der Waals surface area (Å²) in [5, 5.41) is 7.53. The number of ether oxygens (including phenoxy) is 2. The number of amides is 1. The third-order valence-corrected chi connectivity index (χ3v) is 9.59. The van der Waals surface area contributed by atoms with E-state index < -0.39 is 0 Å². The van der Waals surface area contributed by atoms with Crippen molar-refractivity contribution in [2.45, 2.75) is 94.6 Å². The fourth-order valence-corrected chi connectivity index (χ4v) is 7.50. The van der Waals surface area contributed by atoms with E-state index in [1.807, 2.05) is 0 Å². The molecule has 198 valence electrons. The summed E-state index contributed by atoms with van der Waals surface area (Å²) in [7, 11) is 0. The molecule has 0 aromatic rings. The van der Waals surface area contributed by atoms with Crippen LogP contribution >= 0.6 is 0 Å². The molecule has 5 N–H and O–H groups in total. The summed E-state index contributed by atoms with van der Waals surface area (Å²) >= 11 is 0. The average molecular weight is 493 g/mol. The highest BCUT2D eigenvalue weighted by molar-refractivity contribution is 5.76. The number of primary amides is 1. The van der Waals surface area contributed by atoms with Gasteiger partial charge >= 0.3 is 0 Å². The largest absolute Gasteiger partial charge is 0.369 e. The maximum atomic E-state index is 11.5. The molecular formula is C25H44N6O4. The molecule has 6 fully saturated rings. The summed E-state index contributed by atoms with van der Waals surface area (Å²) in [5.74, 6) is 1.11. The molecule has 1 amide bonds. The molecule has 1 aliphatic carbocycles. The second-order valence-electron chi connectivity index (χ2n) is 11.7. The van der Waals surface area contributed by atoms with Crippen molar-refractivity contribution >= 4 is 5.91 Å². The first-order valence-electron chi connectivity index (χ1n) is 14.1. The molecule has 0 spiro atoms. The molecule has 6 aliphatic rings. The second kappa shape index (κ2) is 10.9. The Morgan fingerprint density at radius 1 is 0.971 bits per heavy atom. The van der Waals surface area contributed by atoms with E-state index >= 15 is 0 Å². The van der Waals surface area contributed by atoms with Gasteiger partial charge in [0.25, 0.3) is 0 Å². The van der Waals surface area contributed by atoms with Gasteiger partial charge in [-0.3, -0.25) is 24.7 Å². The Kier molecular flexibility index (Phi) is 7.60. The van der Waals surface area contributed by atoms with E-state index in [1.165, 1.54) is 19.3 Å². The van der Waals surface area contributed by atoms with Crippen LogP contribution in [-0.2, 0) is 19.1 Å². The van der Waals surface area contributed by atoms with Crippen molar-refractivity contribution in [3.63, 3.8) is 0 Å². The van der Waals surface area contributed by atoms with Crippen LogP contribution in [0.2, 0.25) is 0 Å². The molecule has 8 atom stereocenters. The van der Waals surface area contributed by atoms with Crippen molar-refractivity contribution in [3.8, 4) is 0 Å². The van der Waals surface area contributed by atoms with E-state index in [9.17, 15) is 4.79 Å². The van der Waals surface area contributed by atoms with E-state index in [0.717, 1.165) is 71.2 Å². The number of rotatable bonds is 6. The highest BCUT2D eigenvalue weighted by atomic mass is 16.7. The van der Waals surface area contributed by atoms with Crippen molar-refractivity contribution < 1.29 is 19.1 Å². The van der Waals surface area contributed by atoms with Crippen molar-refractivity contribution in [1.82, 2.24) is 25.9 Å². The molecule has 0 radical (unpaired) electrons. The number of carbonyl (C=O) groups is 1. The topological polar surface area (TPSA) is 113 Å². The van der Waals surface area contributed by atoms with Crippen LogP contribution in [0.4, 0.5) is 0 Å². The number of likely N-dealkylation sites (tertiary alicyclic amines) is 2. The third kappa shape index (κ3) is 5.40. The van der Waals surface area contributed by atoms with Crippen LogP contribution in [0.15, 0.2) is 0 Å². The van der Waals surface area contributed by atoms with Crippen molar-refractivity contribution in [2.24, 2.45) is 23.5 Å². The Morgan fingerprint density at radius 2 is 1.83 bits per heavy atom. The van der Waals surface area contributed by atoms with Crippen LogP contribution in [0, 0.1) is 17.8 Å². The number of hydrogen-bond donors (Lipinski definition) is 4. The summed E-state index contributed by atoms with van der Waals surface area (Å²) in [6, 6.07) is 0.427. The van der Waals surface area contributed by atoms with Gasteiger partial charge in [-0.15, -0.1) is 0 Å². The van der Waals surface area contributed by atoms with Gasteiger partial charge < -0.3 is 20.5 Å². The lowest BCUT2D eigenvalue weighted by Gasteiger charge is -2.42. The predicted octanol–water partition coefficient (Wildman–Crippen LogP) is 0.292. The predicted molar refractivity (Wildman–Crippen MR) is 129 cm³/mol. The van der Waals surface area contributed by atoms with Crippen LogP contribution in [-0.4, -0.2) is 92.0 Å². The number of piperidine rings is 2. The molecule has 0 aromatic heterocycles. The van der Waals surface area contributed by atoms with Crippen molar-refractivity contribution in [2.75, 3.05) is 39.5 Å². The van der Waals surface area contributed by atoms with Gasteiger partial charge in [-0.2, -0.15) is 5.48 Å². The summed E-state index contributed by atoms with van der Waals surface area (Å²) < 4.78 is 11.5. The minimum Gasteiger partial charge on any atom is -0.369 e. The Bertz CT molecular complexity index is 737. The van der Waals surface area contributed by atoms with Crippen LogP contribution in [0.3, 0.4) is 0 Å². The first kappa shape index (κ1) is 24.5. The number of hydroxylamine groups is 1. The molecule has 10 nitrogen and oxygen atoms in total. The summed E-state index contributed by atoms with van der Waals surface area (Å²) in [6.45, 7) is 5.68. The van der Waals surface area contributed by atoms with Gasteiger partial charge in [0, 0.05) is 25.6 Å². The lowest BCUT2D eigenvalue weighted by Crippen LogP contribution is -2.57. The number of carbonyl (C=O) groups excluding carboxylic acids is 1. The van der Waals surface area contributed by atoms with Gasteiger partial charge in [0.2, 0.25) is 5.91 Å². The molecule has 10 heteroatoms. The summed E-state index contributed by atoms with van der Waals surface area (Å²) in [4.78, 5) is 22.9. The standard InChI is InChI=1S/C25H44N6O4/c26-23(32)17-6-10-30(11-7-17)22-13-18(5-8-27-22)24-28-25(35-29-24)19-2-1-9-31(19)14-16-3-4-20-21(12-16)34-15-33-20/h16-22,24-25,27-29H,1-15H2,(H2,26,32). The first-order chi connectivity index (χ1) is 17.1. The zero-order valence-electron chi connectivity index (χ0n) is 20.9. The average Bonchev–Trinajstić information content (AvgIpc) is 3.65. The number of nitrogens with zero attached hydrogens (tertiary/aromatic N) is 2. The Hall–Kier alpha value is -0.850. The molecule has 5 aliphatic heterocycles. The molecule has 0 bridgehead atoms. The maximum absolute atomic E-state index is 11.5. The van der Waals surface area contributed by atoms with Gasteiger partial charge in [-0.25, -0.2) is 0 Å². The van der Waals surface area contributed by atoms with Crippen molar-refractivity contribution in [3.05, 3.63) is 0 Å². The Balaban J connectivity index is 0.991. The lowest BCUT2D eigenvalue weighted by atomic mass is 9.85. The van der Waals surface area contributed by atoms with E-state index in [4.69, 9.17) is 20.0 Å². The van der Waals surface area contributed by atoms with Crippen LogP contribution in [0.5, 0.6) is 0 Å². The fraction of sp³-hybridized carbons (Fsp3) is 0.960. The van der Waals surface area contributed by atoms with Crippen LogP contribution in [0.25, 0.3) is 0 Å². The summed E-state index contributed by atoms with van der Waals surface area (Å²) in [5.41, 5.74) is 8.90. The number of hydrogen-bond acceptors (Lipinski definition) is 9. The first-order valence-corrected chi connectivity index (χ1v) is 14.1. The van der Waals surface area contributed by atoms with E-state index in [1.54, 1.807) is 0 Å². The molecule has 8 unspecified atom stereocenters. The van der Waals surface area contributed by atoms with Gasteiger partial charge in [0.05, 0.1) is 30.6 Å². The minimum absolute atomic E-state index is 0.0429. The number of nitrogens with two attached hydrogens (primary N) is 1. The zero-order chi connectivity index (χ0) is 23.8. The minimum atomic E-state index is -0.142. The van der Waals surface area contributed by atoms with Crippen molar-refractivity contribution in [1.29, 1.82) is 0 Å². The van der Waals surface area contributed by atoms with Gasteiger partial charge in [0.15, 0.2) is 0 Å². The maximum Gasteiger partial charge on any atom is 0.220 e. The number of nitrogens with one attached hydrogen (secondary N) is 3. The molecule has 5 heterocycles. The second-order valence-corrected chi connectivity index (χ2v) is 11.7. The fourth-order valence-electron chi connectivity index (χ4n) is 7.50. The molecular weight excluding hydrogens is 448 g/mol. The van der Waals surface area contributed by atoms with E-state index in [2.05, 4.69) is 25.9 Å². The molecule has 35 heavy (non-hydrogen) atoms. The van der Waals surface area contributed by atoms with Crippen LogP contribution in [0.1, 0.15) is 57.8 Å².